The van der Waals surface area contributed by atoms with Crippen LogP contribution in [0, 0.1) is 5.92 Å². The van der Waals surface area contributed by atoms with E-state index in [-0.39, 0.29) is 6.03 Å². The third kappa shape index (κ3) is 3.81. The summed E-state index contributed by atoms with van der Waals surface area (Å²) in [7, 11) is 0. The van der Waals surface area contributed by atoms with Gasteiger partial charge in [-0.3, -0.25) is 0 Å². The predicted octanol–water partition coefficient (Wildman–Crippen LogP) is 5.11. The molecule has 5 rings (SSSR count). The second-order valence-electron chi connectivity index (χ2n) is 7.93. The standard InChI is InChI=1S/C24H25N5O/c1-2-16-5-8-20(9-6-16)29-15-19(13-27-29)18-7-10-22-21(11-18)23(14-25-22)28-24(30)26-12-17-3-4-17/h5-11,13-15,17,25H,2-4,12H2,1H3,(H2,26,28,30). The Bertz CT molecular complexity index is 1180. The number of aromatic nitrogens is 3. The number of urea groups is 1. The molecule has 6 nitrogen and oxygen atoms in total. The summed E-state index contributed by atoms with van der Waals surface area (Å²) in [5.74, 6) is 0.653. The molecular formula is C24H25N5O. The van der Waals surface area contributed by atoms with E-state index in [4.69, 9.17) is 0 Å². The molecule has 0 radical (unpaired) electrons. The highest BCUT2D eigenvalue weighted by molar-refractivity contribution is 6.02. The van der Waals surface area contributed by atoms with E-state index in [9.17, 15) is 4.79 Å². The Balaban J connectivity index is 1.37. The van der Waals surface area contributed by atoms with E-state index < -0.39 is 0 Å². The van der Waals surface area contributed by atoms with Crippen LogP contribution in [-0.2, 0) is 6.42 Å². The molecule has 2 heterocycles. The maximum Gasteiger partial charge on any atom is 0.319 e. The summed E-state index contributed by atoms with van der Waals surface area (Å²) >= 11 is 0. The Morgan fingerprint density at radius 3 is 2.77 bits per heavy atom. The summed E-state index contributed by atoms with van der Waals surface area (Å²) in [4.78, 5) is 15.4. The molecule has 0 saturated heterocycles. The quantitative estimate of drug-likeness (QED) is 0.421. The van der Waals surface area contributed by atoms with Crippen LogP contribution in [0.25, 0.3) is 27.7 Å². The number of rotatable bonds is 6. The number of aromatic amines is 1. The molecule has 152 valence electrons. The van der Waals surface area contributed by atoms with Crippen LogP contribution in [-0.4, -0.2) is 27.3 Å². The van der Waals surface area contributed by atoms with Crippen molar-refractivity contribution in [2.45, 2.75) is 26.2 Å². The Kier molecular flexibility index (Phi) is 4.75. The van der Waals surface area contributed by atoms with Gasteiger partial charge in [-0.1, -0.05) is 25.1 Å². The van der Waals surface area contributed by atoms with Gasteiger partial charge in [-0.05, 0) is 60.6 Å². The first-order chi connectivity index (χ1) is 14.7. The van der Waals surface area contributed by atoms with Gasteiger partial charge in [0.2, 0.25) is 0 Å². The average molecular weight is 399 g/mol. The van der Waals surface area contributed by atoms with Crippen LogP contribution in [0.5, 0.6) is 0 Å². The van der Waals surface area contributed by atoms with Crippen LogP contribution in [0.15, 0.2) is 61.1 Å². The number of nitrogens with zero attached hydrogens (tertiary/aromatic N) is 2. The zero-order valence-electron chi connectivity index (χ0n) is 17.0. The summed E-state index contributed by atoms with van der Waals surface area (Å²) in [5.41, 5.74) is 6.20. The minimum atomic E-state index is -0.156. The van der Waals surface area contributed by atoms with Gasteiger partial charge in [0.1, 0.15) is 0 Å². The number of hydrogen-bond donors (Lipinski definition) is 3. The number of amides is 2. The molecule has 2 aromatic heterocycles. The van der Waals surface area contributed by atoms with Crippen molar-refractivity contribution in [2.75, 3.05) is 11.9 Å². The molecule has 0 bridgehead atoms. The molecule has 0 spiro atoms. The molecule has 2 aromatic carbocycles. The normalized spacial score (nSPS) is 13.5. The van der Waals surface area contributed by atoms with Crippen LogP contribution in [0.1, 0.15) is 25.3 Å². The summed E-state index contributed by atoms with van der Waals surface area (Å²) < 4.78 is 1.89. The molecule has 2 amide bonds. The van der Waals surface area contributed by atoms with Crippen molar-refractivity contribution in [1.82, 2.24) is 20.1 Å². The number of carbonyl (C=O) groups is 1. The van der Waals surface area contributed by atoms with Crippen molar-refractivity contribution >= 4 is 22.6 Å². The first kappa shape index (κ1) is 18.5. The van der Waals surface area contributed by atoms with Gasteiger partial charge >= 0.3 is 6.03 Å². The number of benzene rings is 2. The van der Waals surface area contributed by atoms with Crippen molar-refractivity contribution in [1.29, 1.82) is 0 Å². The topological polar surface area (TPSA) is 74.7 Å². The molecule has 1 saturated carbocycles. The molecule has 1 aliphatic carbocycles. The zero-order valence-corrected chi connectivity index (χ0v) is 17.0. The van der Waals surface area contributed by atoms with E-state index in [1.54, 1.807) is 0 Å². The van der Waals surface area contributed by atoms with E-state index in [0.29, 0.717) is 5.92 Å². The van der Waals surface area contributed by atoms with Crippen molar-refractivity contribution in [3.05, 3.63) is 66.6 Å². The van der Waals surface area contributed by atoms with Crippen molar-refractivity contribution in [2.24, 2.45) is 5.92 Å². The Morgan fingerprint density at radius 2 is 2.00 bits per heavy atom. The number of H-pyrrole nitrogens is 1. The summed E-state index contributed by atoms with van der Waals surface area (Å²) in [5, 5.41) is 11.4. The fourth-order valence-corrected chi connectivity index (χ4v) is 3.63. The lowest BCUT2D eigenvalue weighted by molar-refractivity contribution is 0.251. The Hall–Kier alpha value is -3.54. The number of anilines is 1. The van der Waals surface area contributed by atoms with Crippen molar-refractivity contribution in [3.63, 3.8) is 0 Å². The molecule has 4 aromatic rings. The van der Waals surface area contributed by atoms with Gasteiger partial charge < -0.3 is 15.6 Å². The lowest BCUT2D eigenvalue weighted by atomic mass is 10.1. The lowest BCUT2D eigenvalue weighted by Gasteiger charge is -2.06. The highest BCUT2D eigenvalue weighted by atomic mass is 16.2. The number of nitrogens with one attached hydrogen (secondary N) is 3. The molecule has 6 heteroatoms. The highest BCUT2D eigenvalue weighted by Crippen LogP contribution is 2.30. The summed E-state index contributed by atoms with van der Waals surface area (Å²) in [6.07, 6.45) is 9.20. The Morgan fingerprint density at radius 1 is 1.17 bits per heavy atom. The van der Waals surface area contributed by atoms with E-state index in [0.717, 1.165) is 46.4 Å². The average Bonchev–Trinajstić information content (AvgIpc) is 3.33. The molecular weight excluding hydrogens is 374 g/mol. The van der Waals surface area contributed by atoms with E-state index in [1.807, 2.05) is 29.3 Å². The third-order valence-electron chi connectivity index (χ3n) is 5.70. The maximum atomic E-state index is 12.2. The van der Waals surface area contributed by atoms with Gasteiger partial charge in [-0.15, -0.1) is 0 Å². The van der Waals surface area contributed by atoms with Gasteiger partial charge in [-0.25, -0.2) is 9.48 Å². The van der Waals surface area contributed by atoms with Crippen molar-refractivity contribution < 1.29 is 4.79 Å². The van der Waals surface area contributed by atoms with Gasteiger partial charge in [0.15, 0.2) is 0 Å². The fraction of sp³-hybridized carbons (Fsp3) is 0.250. The second kappa shape index (κ2) is 7.71. The number of hydrogen-bond acceptors (Lipinski definition) is 2. The largest absolute Gasteiger partial charge is 0.359 e. The number of carbonyl (C=O) groups excluding carboxylic acids is 1. The monoisotopic (exact) mass is 399 g/mol. The fourth-order valence-electron chi connectivity index (χ4n) is 3.63. The molecule has 1 aliphatic rings. The van der Waals surface area contributed by atoms with Crippen LogP contribution in [0.3, 0.4) is 0 Å². The first-order valence-corrected chi connectivity index (χ1v) is 10.5. The van der Waals surface area contributed by atoms with Gasteiger partial charge in [0.25, 0.3) is 0 Å². The van der Waals surface area contributed by atoms with Crippen LogP contribution < -0.4 is 10.6 Å². The second-order valence-corrected chi connectivity index (χ2v) is 7.93. The van der Waals surface area contributed by atoms with Gasteiger partial charge in [-0.2, -0.15) is 5.10 Å². The zero-order chi connectivity index (χ0) is 20.5. The van der Waals surface area contributed by atoms with E-state index >= 15 is 0 Å². The SMILES string of the molecule is CCc1ccc(-n2cc(-c3ccc4[nH]cc(NC(=O)NCC5CC5)c4c3)cn2)cc1. The molecule has 0 atom stereocenters. The van der Waals surface area contributed by atoms with Gasteiger partial charge in [0.05, 0.1) is 17.6 Å². The minimum absolute atomic E-state index is 0.156. The predicted molar refractivity (Wildman–Crippen MR) is 120 cm³/mol. The van der Waals surface area contributed by atoms with Crippen LogP contribution in [0.4, 0.5) is 10.5 Å². The van der Waals surface area contributed by atoms with Crippen molar-refractivity contribution in [3.8, 4) is 16.8 Å². The highest BCUT2D eigenvalue weighted by Gasteiger charge is 2.21. The number of aryl methyl sites for hydroxylation is 1. The molecule has 0 unspecified atom stereocenters. The van der Waals surface area contributed by atoms with E-state index in [2.05, 4.69) is 64.0 Å². The molecule has 0 aliphatic heterocycles. The van der Waals surface area contributed by atoms with E-state index in [1.165, 1.54) is 18.4 Å². The molecule has 3 N–H and O–H groups in total. The number of fused-ring (bicyclic) bond motifs is 1. The van der Waals surface area contributed by atoms with Crippen LogP contribution in [0.2, 0.25) is 0 Å². The lowest BCUT2D eigenvalue weighted by Crippen LogP contribution is -2.30. The molecule has 1 fully saturated rings. The third-order valence-corrected chi connectivity index (χ3v) is 5.70. The summed E-state index contributed by atoms with van der Waals surface area (Å²) in [6.45, 7) is 2.90. The first-order valence-electron chi connectivity index (χ1n) is 10.5. The maximum absolute atomic E-state index is 12.2. The molecule has 30 heavy (non-hydrogen) atoms. The Labute approximate surface area is 175 Å². The van der Waals surface area contributed by atoms with Gasteiger partial charge in [0, 0.05) is 35.4 Å². The minimum Gasteiger partial charge on any atom is -0.359 e. The van der Waals surface area contributed by atoms with Crippen LogP contribution >= 0.6 is 0 Å². The summed E-state index contributed by atoms with van der Waals surface area (Å²) in [6, 6.07) is 14.5. The smallest absolute Gasteiger partial charge is 0.319 e.